The number of hydrogen-bond acceptors (Lipinski definition) is 5. The third kappa shape index (κ3) is 8.96. The van der Waals surface area contributed by atoms with Crippen molar-refractivity contribution in [1.82, 2.24) is 15.4 Å². The van der Waals surface area contributed by atoms with E-state index in [9.17, 15) is 8.42 Å². The van der Waals surface area contributed by atoms with Crippen LogP contribution in [0, 0.1) is 0 Å². The van der Waals surface area contributed by atoms with E-state index in [1.165, 1.54) is 7.11 Å². The molecule has 0 aromatic heterocycles. The van der Waals surface area contributed by atoms with Gasteiger partial charge in [-0.3, -0.25) is 0 Å². The van der Waals surface area contributed by atoms with Gasteiger partial charge in [0.25, 0.3) is 0 Å². The Hall–Kier alpha value is -1.29. The van der Waals surface area contributed by atoms with E-state index < -0.39 is 10.0 Å². The Bertz CT molecular complexity index is 706. The van der Waals surface area contributed by atoms with Crippen molar-refractivity contribution >= 4 is 27.7 Å². The average molecular weight is 417 g/mol. The minimum Gasteiger partial charge on any atom is -0.383 e. The summed E-state index contributed by atoms with van der Waals surface area (Å²) in [4.78, 5) is 4.80. The van der Waals surface area contributed by atoms with Crippen molar-refractivity contribution in [2.45, 2.75) is 37.0 Å². The molecule has 0 aliphatic rings. The quantitative estimate of drug-likeness (QED) is 0.289. The molecule has 0 unspecified atom stereocenters. The van der Waals surface area contributed by atoms with Crippen LogP contribution in [0.5, 0.6) is 0 Å². The minimum atomic E-state index is -3.55. The van der Waals surface area contributed by atoms with Gasteiger partial charge in [-0.05, 0) is 44.7 Å². The van der Waals surface area contributed by atoms with Gasteiger partial charge in [0.15, 0.2) is 5.96 Å². The fourth-order valence-corrected chi connectivity index (χ4v) is 3.35. The highest BCUT2D eigenvalue weighted by atomic mass is 32.2. The number of benzene rings is 1. The molecule has 0 bridgehead atoms. The predicted molar refractivity (Wildman–Crippen MR) is 114 cm³/mol. The molecule has 1 rings (SSSR count). The lowest BCUT2D eigenvalue weighted by Gasteiger charge is -2.23. The van der Waals surface area contributed by atoms with Crippen LogP contribution in [0.25, 0.3) is 0 Å². The molecular formula is C18H32N4O3S2. The van der Waals surface area contributed by atoms with Crippen molar-refractivity contribution < 1.29 is 13.2 Å². The number of ether oxygens (including phenoxy) is 1. The number of hydrogen-bond donors (Lipinski definition) is 3. The first kappa shape index (κ1) is 23.7. The number of thioether (sulfide) groups is 1. The first-order valence-corrected chi connectivity index (χ1v) is 11.6. The maximum absolute atomic E-state index is 12.3. The standard InChI is InChI=1S/C18H32N4O3S2/c1-6-19-17(21-14-18(2,3)26-5)20-13-15-8-7-9-16(12-15)27(23,24)22-10-11-25-4/h7-9,12,22H,6,10-11,13-14H2,1-5H3,(H2,19,20,21). The summed E-state index contributed by atoms with van der Waals surface area (Å²) >= 11 is 1.79. The van der Waals surface area contributed by atoms with Gasteiger partial charge in [0.1, 0.15) is 0 Å². The summed E-state index contributed by atoms with van der Waals surface area (Å²) in [7, 11) is -2.02. The molecule has 0 fully saturated rings. The largest absolute Gasteiger partial charge is 0.383 e. The minimum absolute atomic E-state index is 0.0953. The lowest BCUT2D eigenvalue weighted by atomic mass is 10.2. The van der Waals surface area contributed by atoms with Crippen LogP contribution in [0.2, 0.25) is 0 Å². The molecule has 27 heavy (non-hydrogen) atoms. The maximum Gasteiger partial charge on any atom is 0.240 e. The predicted octanol–water partition coefficient (Wildman–Crippen LogP) is 1.81. The zero-order valence-electron chi connectivity index (χ0n) is 16.8. The first-order chi connectivity index (χ1) is 12.7. The number of methoxy groups -OCH3 is 1. The Morgan fingerprint density at radius 2 is 2.04 bits per heavy atom. The lowest BCUT2D eigenvalue weighted by molar-refractivity contribution is 0.204. The summed E-state index contributed by atoms with van der Waals surface area (Å²) < 4.78 is 32.1. The number of guanidine groups is 1. The molecule has 0 spiro atoms. The summed E-state index contributed by atoms with van der Waals surface area (Å²) in [6.07, 6.45) is 2.08. The molecule has 0 radical (unpaired) electrons. The van der Waals surface area contributed by atoms with Crippen LogP contribution in [0.15, 0.2) is 34.2 Å². The van der Waals surface area contributed by atoms with Gasteiger partial charge in [-0.25, -0.2) is 18.1 Å². The lowest BCUT2D eigenvalue weighted by Crippen LogP contribution is -2.43. The Kier molecular flexibility index (Phi) is 10.1. The van der Waals surface area contributed by atoms with Gasteiger partial charge in [-0.15, -0.1) is 0 Å². The monoisotopic (exact) mass is 416 g/mol. The molecule has 0 aliphatic carbocycles. The van der Waals surface area contributed by atoms with Gasteiger partial charge in [0.05, 0.1) is 18.0 Å². The molecule has 9 heteroatoms. The normalized spacial score (nSPS) is 12.9. The third-order valence-corrected chi connectivity index (χ3v) is 6.51. The molecule has 0 saturated carbocycles. The van der Waals surface area contributed by atoms with Crippen molar-refractivity contribution in [3.8, 4) is 0 Å². The van der Waals surface area contributed by atoms with Crippen molar-refractivity contribution in [3.63, 3.8) is 0 Å². The molecule has 0 heterocycles. The summed E-state index contributed by atoms with van der Waals surface area (Å²) in [6, 6.07) is 6.82. The van der Waals surface area contributed by atoms with Gasteiger partial charge < -0.3 is 15.4 Å². The molecule has 0 amide bonds. The third-order valence-electron chi connectivity index (χ3n) is 3.81. The number of sulfonamides is 1. The molecule has 7 nitrogen and oxygen atoms in total. The molecule has 1 aromatic rings. The number of nitrogens with one attached hydrogen (secondary N) is 3. The molecule has 154 valence electrons. The van der Waals surface area contributed by atoms with Crippen molar-refractivity contribution in [3.05, 3.63) is 29.8 Å². The summed E-state index contributed by atoms with van der Waals surface area (Å²) in [5.74, 6) is 0.714. The highest BCUT2D eigenvalue weighted by Crippen LogP contribution is 2.19. The van der Waals surface area contributed by atoms with E-state index in [2.05, 4.69) is 40.5 Å². The molecule has 1 aromatic carbocycles. The van der Waals surface area contributed by atoms with E-state index >= 15 is 0 Å². The number of rotatable bonds is 11. The zero-order valence-corrected chi connectivity index (χ0v) is 18.5. The highest BCUT2D eigenvalue weighted by molar-refractivity contribution is 7.99. The van der Waals surface area contributed by atoms with Crippen LogP contribution in [0.4, 0.5) is 0 Å². The van der Waals surface area contributed by atoms with Crippen LogP contribution in [-0.4, -0.2) is 58.7 Å². The summed E-state index contributed by atoms with van der Waals surface area (Å²) in [5.41, 5.74) is 0.825. The van der Waals surface area contributed by atoms with Crippen molar-refractivity contribution in [2.75, 3.05) is 39.6 Å². The Morgan fingerprint density at radius 1 is 1.30 bits per heavy atom. The van der Waals surface area contributed by atoms with Gasteiger partial charge in [-0.2, -0.15) is 11.8 Å². The van der Waals surface area contributed by atoms with E-state index in [4.69, 9.17) is 4.74 Å². The second-order valence-electron chi connectivity index (χ2n) is 6.55. The van der Waals surface area contributed by atoms with Crippen molar-refractivity contribution in [1.29, 1.82) is 0 Å². The second-order valence-corrected chi connectivity index (χ2v) is 9.83. The van der Waals surface area contributed by atoms with Crippen LogP contribution >= 0.6 is 11.8 Å². The molecular weight excluding hydrogens is 384 g/mol. The van der Waals surface area contributed by atoms with Crippen LogP contribution in [0.1, 0.15) is 26.3 Å². The highest BCUT2D eigenvalue weighted by Gasteiger charge is 2.16. The fraction of sp³-hybridized carbons (Fsp3) is 0.611. The van der Waals surface area contributed by atoms with Crippen molar-refractivity contribution in [2.24, 2.45) is 4.99 Å². The Morgan fingerprint density at radius 3 is 2.67 bits per heavy atom. The Balaban J connectivity index is 2.82. The topological polar surface area (TPSA) is 91.8 Å². The van der Waals surface area contributed by atoms with E-state index in [-0.39, 0.29) is 16.2 Å². The summed E-state index contributed by atoms with van der Waals surface area (Å²) in [6.45, 7) is 8.82. The van der Waals surface area contributed by atoms with E-state index in [1.807, 2.05) is 13.0 Å². The first-order valence-electron chi connectivity index (χ1n) is 8.89. The summed E-state index contributed by atoms with van der Waals surface area (Å²) in [5, 5.41) is 6.55. The van der Waals surface area contributed by atoms with E-state index in [1.54, 1.807) is 30.0 Å². The maximum atomic E-state index is 12.3. The van der Waals surface area contributed by atoms with Gasteiger partial charge >= 0.3 is 0 Å². The average Bonchev–Trinajstić information content (AvgIpc) is 2.64. The molecule has 0 aliphatic heterocycles. The number of nitrogens with zero attached hydrogens (tertiary/aromatic N) is 1. The molecule has 0 saturated heterocycles. The van der Waals surface area contributed by atoms with Crippen LogP contribution < -0.4 is 15.4 Å². The van der Waals surface area contributed by atoms with Crippen LogP contribution in [0.3, 0.4) is 0 Å². The van der Waals surface area contributed by atoms with E-state index in [0.29, 0.717) is 19.1 Å². The van der Waals surface area contributed by atoms with Gasteiger partial charge in [0.2, 0.25) is 10.0 Å². The van der Waals surface area contributed by atoms with E-state index in [0.717, 1.165) is 18.7 Å². The SMILES string of the molecule is CCNC(=NCc1cccc(S(=O)(=O)NCCOC)c1)NCC(C)(C)SC. The smallest absolute Gasteiger partial charge is 0.240 e. The Labute approximate surface area is 167 Å². The van der Waals surface area contributed by atoms with Crippen LogP contribution in [-0.2, 0) is 21.3 Å². The fourth-order valence-electron chi connectivity index (χ4n) is 2.05. The second kappa shape index (κ2) is 11.5. The molecule has 3 N–H and O–H groups in total. The van der Waals surface area contributed by atoms with Gasteiger partial charge in [0, 0.05) is 31.5 Å². The van der Waals surface area contributed by atoms with Gasteiger partial charge in [-0.1, -0.05) is 12.1 Å². The molecule has 0 atom stereocenters. The zero-order chi connectivity index (χ0) is 20.3. The number of aliphatic imine (C=N–C) groups is 1.